The van der Waals surface area contributed by atoms with Crippen LogP contribution >= 0.6 is 15.9 Å². The zero-order chi connectivity index (χ0) is 15.7. The van der Waals surface area contributed by atoms with Crippen LogP contribution < -0.4 is 0 Å². The summed E-state index contributed by atoms with van der Waals surface area (Å²) >= 11 is 3.30. The summed E-state index contributed by atoms with van der Waals surface area (Å²) in [6.07, 6.45) is 0. The average Bonchev–Trinajstić information content (AvgIpc) is 2.48. The number of halogens is 1. The van der Waals surface area contributed by atoms with Crippen LogP contribution in [0.25, 0.3) is 0 Å². The van der Waals surface area contributed by atoms with Crippen molar-refractivity contribution in [2.24, 2.45) is 0 Å². The molecule has 0 aromatic heterocycles. The second-order valence-electron chi connectivity index (χ2n) is 5.52. The maximum absolute atomic E-state index is 12.6. The van der Waals surface area contributed by atoms with Crippen molar-refractivity contribution in [1.82, 2.24) is 9.21 Å². The highest BCUT2D eigenvalue weighted by atomic mass is 79.9. The molecule has 1 aromatic rings. The lowest BCUT2D eigenvalue weighted by Gasteiger charge is -2.39. The topological polar surface area (TPSA) is 64.4 Å². The number of nitrogens with zero attached hydrogens (tertiary/aromatic N) is 3. The average molecular weight is 372 g/mol. The molecule has 1 saturated heterocycles. The second-order valence-corrected chi connectivity index (χ2v) is 8.37. The van der Waals surface area contributed by atoms with E-state index in [2.05, 4.69) is 22.0 Å². The molecular formula is C14H18BrN3O2S. The standard InChI is InChI=1S/C14H18BrN3O2S/c1-14(2,11-16)17-7-9-18(10-8-17)21(19,20)13-5-3-12(15)4-6-13/h3-6H,7-10H2,1-2H3. The van der Waals surface area contributed by atoms with Crippen molar-refractivity contribution in [1.29, 1.82) is 5.26 Å². The van der Waals surface area contributed by atoms with Crippen molar-refractivity contribution in [2.45, 2.75) is 24.3 Å². The van der Waals surface area contributed by atoms with E-state index >= 15 is 0 Å². The van der Waals surface area contributed by atoms with Crippen LogP contribution in [0.15, 0.2) is 33.6 Å². The molecule has 2 rings (SSSR count). The van der Waals surface area contributed by atoms with Crippen molar-refractivity contribution >= 4 is 26.0 Å². The number of rotatable bonds is 3. The number of hydrogen-bond acceptors (Lipinski definition) is 4. The van der Waals surface area contributed by atoms with Gasteiger partial charge in [-0.05, 0) is 38.1 Å². The van der Waals surface area contributed by atoms with E-state index in [9.17, 15) is 8.42 Å². The molecule has 7 heteroatoms. The van der Waals surface area contributed by atoms with E-state index in [1.807, 2.05) is 18.7 Å². The van der Waals surface area contributed by atoms with Gasteiger partial charge in [-0.1, -0.05) is 15.9 Å². The van der Waals surface area contributed by atoms with Crippen LogP contribution in [0.3, 0.4) is 0 Å². The first kappa shape index (κ1) is 16.4. The Bertz CT molecular complexity index is 642. The van der Waals surface area contributed by atoms with Crippen molar-refractivity contribution in [3.63, 3.8) is 0 Å². The normalized spacial score (nSPS) is 18.4. The summed E-state index contributed by atoms with van der Waals surface area (Å²) < 4.78 is 27.4. The predicted octanol–water partition coefficient (Wildman–Crippen LogP) is 2.06. The summed E-state index contributed by atoms with van der Waals surface area (Å²) in [5, 5.41) is 9.15. The van der Waals surface area contributed by atoms with Crippen LogP contribution in [-0.4, -0.2) is 49.3 Å². The monoisotopic (exact) mass is 371 g/mol. The van der Waals surface area contributed by atoms with E-state index in [4.69, 9.17) is 5.26 Å². The minimum absolute atomic E-state index is 0.304. The highest BCUT2D eigenvalue weighted by molar-refractivity contribution is 9.10. The molecule has 0 aliphatic carbocycles. The Morgan fingerprint density at radius 1 is 1.14 bits per heavy atom. The molecule has 1 fully saturated rings. The first-order valence-corrected chi connectivity index (χ1v) is 8.93. The smallest absolute Gasteiger partial charge is 0.243 e. The van der Waals surface area contributed by atoms with Crippen LogP contribution in [0, 0.1) is 11.3 Å². The molecule has 0 unspecified atom stereocenters. The molecule has 21 heavy (non-hydrogen) atoms. The molecule has 0 bridgehead atoms. The first-order valence-electron chi connectivity index (χ1n) is 6.69. The van der Waals surface area contributed by atoms with Gasteiger partial charge in [0, 0.05) is 30.7 Å². The summed E-state index contributed by atoms with van der Waals surface area (Å²) in [5.74, 6) is 0. The maximum Gasteiger partial charge on any atom is 0.243 e. The number of piperazine rings is 1. The lowest BCUT2D eigenvalue weighted by atomic mass is 10.0. The van der Waals surface area contributed by atoms with E-state index in [1.165, 1.54) is 4.31 Å². The summed E-state index contributed by atoms with van der Waals surface area (Å²) in [6.45, 7) is 5.65. The van der Waals surface area contributed by atoms with Crippen LogP contribution in [0.4, 0.5) is 0 Å². The molecule has 0 saturated carbocycles. The summed E-state index contributed by atoms with van der Waals surface area (Å²) in [7, 11) is -3.45. The van der Waals surface area contributed by atoms with Crippen LogP contribution in [-0.2, 0) is 10.0 Å². The molecule has 1 heterocycles. The minimum Gasteiger partial charge on any atom is -0.283 e. The third kappa shape index (κ3) is 3.46. The lowest BCUT2D eigenvalue weighted by Crippen LogP contribution is -2.55. The van der Waals surface area contributed by atoms with E-state index in [1.54, 1.807) is 24.3 Å². The van der Waals surface area contributed by atoms with E-state index in [0.717, 1.165) is 4.47 Å². The first-order chi connectivity index (χ1) is 9.77. The predicted molar refractivity (Wildman–Crippen MR) is 84.2 cm³/mol. The van der Waals surface area contributed by atoms with Crippen molar-refractivity contribution in [3.05, 3.63) is 28.7 Å². The fourth-order valence-electron chi connectivity index (χ4n) is 2.31. The van der Waals surface area contributed by atoms with Gasteiger partial charge in [-0.2, -0.15) is 9.57 Å². The molecule has 0 atom stereocenters. The van der Waals surface area contributed by atoms with Crippen LogP contribution in [0.2, 0.25) is 0 Å². The van der Waals surface area contributed by atoms with Gasteiger partial charge in [0.05, 0.1) is 11.0 Å². The van der Waals surface area contributed by atoms with Gasteiger partial charge in [-0.15, -0.1) is 0 Å². The van der Waals surface area contributed by atoms with E-state index in [-0.39, 0.29) is 0 Å². The Morgan fingerprint density at radius 2 is 1.67 bits per heavy atom. The second kappa shape index (κ2) is 6.05. The Hall–Kier alpha value is -0.940. The Balaban J connectivity index is 2.12. The molecule has 1 aliphatic heterocycles. The fraction of sp³-hybridized carbons (Fsp3) is 0.500. The minimum atomic E-state index is -3.45. The van der Waals surface area contributed by atoms with Crippen molar-refractivity contribution in [3.8, 4) is 6.07 Å². The SMILES string of the molecule is CC(C)(C#N)N1CCN(S(=O)(=O)c2ccc(Br)cc2)CC1. The Kier molecular flexibility index (Phi) is 4.73. The fourth-order valence-corrected chi connectivity index (χ4v) is 4.00. The van der Waals surface area contributed by atoms with E-state index < -0.39 is 15.6 Å². The summed E-state index contributed by atoms with van der Waals surface area (Å²) in [4.78, 5) is 2.32. The van der Waals surface area contributed by atoms with Crippen LogP contribution in [0.1, 0.15) is 13.8 Å². The van der Waals surface area contributed by atoms with Gasteiger partial charge in [0.1, 0.15) is 5.54 Å². The van der Waals surface area contributed by atoms with Gasteiger partial charge < -0.3 is 0 Å². The van der Waals surface area contributed by atoms with Crippen LogP contribution in [0.5, 0.6) is 0 Å². The summed E-state index contributed by atoms with van der Waals surface area (Å²) in [5.41, 5.74) is -0.562. The summed E-state index contributed by atoms with van der Waals surface area (Å²) in [6, 6.07) is 8.91. The Morgan fingerprint density at radius 3 is 2.14 bits per heavy atom. The third-order valence-electron chi connectivity index (χ3n) is 3.75. The molecule has 0 N–H and O–H groups in total. The van der Waals surface area contributed by atoms with Gasteiger partial charge in [-0.25, -0.2) is 8.42 Å². The molecule has 0 spiro atoms. The molecule has 0 amide bonds. The molecular weight excluding hydrogens is 354 g/mol. The van der Waals surface area contributed by atoms with Crippen molar-refractivity contribution in [2.75, 3.05) is 26.2 Å². The maximum atomic E-state index is 12.6. The molecule has 1 aliphatic rings. The zero-order valence-corrected chi connectivity index (χ0v) is 14.5. The van der Waals surface area contributed by atoms with Crippen molar-refractivity contribution < 1.29 is 8.42 Å². The zero-order valence-electron chi connectivity index (χ0n) is 12.1. The number of hydrogen-bond donors (Lipinski definition) is 0. The number of nitriles is 1. The van der Waals surface area contributed by atoms with Gasteiger partial charge in [-0.3, -0.25) is 4.90 Å². The third-order valence-corrected chi connectivity index (χ3v) is 6.20. The highest BCUT2D eigenvalue weighted by Gasteiger charge is 2.34. The molecule has 0 radical (unpaired) electrons. The van der Waals surface area contributed by atoms with E-state index in [0.29, 0.717) is 31.1 Å². The van der Waals surface area contributed by atoms with Gasteiger partial charge in [0.25, 0.3) is 0 Å². The molecule has 1 aromatic carbocycles. The van der Waals surface area contributed by atoms with Gasteiger partial charge in [0.15, 0.2) is 0 Å². The molecule has 114 valence electrons. The van der Waals surface area contributed by atoms with Gasteiger partial charge in [0.2, 0.25) is 10.0 Å². The molecule has 5 nitrogen and oxygen atoms in total. The van der Waals surface area contributed by atoms with Gasteiger partial charge >= 0.3 is 0 Å². The number of benzene rings is 1. The highest BCUT2D eigenvalue weighted by Crippen LogP contribution is 2.22. The number of sulfonamides is 1. The lowest BCUT2D eigenvalue weighted by molar-refractivity contribution is 0.115. The quantitative estimate of drug-likeness (QED) is 0.815. The largest absolute Gasteiger partial charge is 0.283 e. The Labute approximate surface area is 134 Å².